The number of carboxylic acid groups (broad SMARTS) is 1. The number of aliphatic carboxylic acids is 1. The zero-order chi connectivity index (χ0) is 14.6. The largest absolute Gasteiger partial charge is 0.479 e. The highest BCUT2D eigenvalue weighted by molar-refractivity contribution is 5.72. The SMILES string of the molecule is CCC(F)(F)c1cc(C#N)ccc1O[C@@H](C)C(=O)O. The van der Waals surface area contributed by atoms with Gasteiger partial charge in [0.05, 0.1) is 17.2 Å². The number of hydrogen-bond donors (Lipinski definition) is 1. The molecule has 0 saturated carbocycles. The first-order valence-corrected chi connectivity index (χ1v) is 5.63. The van der Waals surface area contributed by atoms with Gasteiger partial charge in [-0.05, 0) is 25.1 Å². The Balaban J connectivity index is 3.24. The van der Waals surface area contributed by atoms with Crippen LogP contribution in [0.2, 0.25) is 0 Å². The Morgan fingerprint density at radius 1 is 1.58 bits per heavy atom. The fraction of sp³-hybridized carbons (Fsp3) is 0.385. The highest BCUT2D eigenvalue weighted by Crippen LogP contribution is 2.38. The molecule has 1 N–H and O–H groups in total. The van der Waals surface area contributed by atoms with Gasteiger partial charge in [-0.1, -0.05) is 6.92 Å². The van der Waals surface area contributed by atoms with Crippen molar-refractivity contribution < 1.29 is 23.4 Å². The van der Waals surface area contributed by atoms with E-state index in [1.165, 1.54) is 26.0 Å². The van der Waals surface area contributed by atoms with E-state index in [0.717, 1.165) is 6.07 Å². The van der Waals surface area contributed by atoms with Gasteiger partial charge in [0.2, 0.25) is 0 Å². The van der Waals surface area contributed by atoms with Gasteiger partial charge in [-0.15, -0.1) is 0 Å². The second kappa shape index (κ2) is 5.65. The van der Waals surface area contributed by atoms with Crippen LogP contribution in [0.4, 0.5) is 8.78 Å². The molecule has 0 aliphatic heterocycles. The van der Waals surface area contributed by atoms with Crippen molar-refractivity contribution in [2.45, 2.75) is 32.3 Å². The Hall–Kier alpha value is -2.16. The fourth-order valence-electron chi connectivity index (χ4n) is 1.42. The van der Waals surface area contributed by atoms with E-state index in [2.05, 4.69) is 0 Å². The zero-order valence-electron chi connectivity index (χ0n) is 10.5. The van der Waals surface area contributed by atoms with Crippen molar-refractivity contribution in [2.75, 3.05) is 0 Å². The standard InChI is InChI=1S/C13H13F2NO3/c1-3-13(14,15)10-6-9(7-16)4-5-11(10)19-8(2)12(17)18/h4-6,8H,3H2,1-2H3,(H,17,18)/t8-/m0/s1. The second-order valence-corrected chi connectivity index (χ2v) is 3.98. The van der Waals surface area contributed by atoms with Gasteiger partial charge in [0, 0.05) is 6.42 Å². The van der Waals surface area contributed by atoms with E-state index in [9.17, 15) is 13.6 Å². The molecule has 0 amide bonds. The van der Waals surface area contributed by atoms with Crippen LogP contribution >= 0.6 is 0 Å². The molecule has 0 saturated heterocycles. The number of nitriles is 1. The maximum atomic E-state index is 13.8. The maximum absolute atomic E-state index is 13.8. The smallest absolute Gasteiger partial charge is 0.344 e. The highest BCUT2D eigenvalue weighted by atomic mass is 19.3. The first-order valence-electron chi connectivity index (χ1n) is 5.63. The topological polar surface area (TPSA) is 70.3 Å². The quantitative estimate of drug-likeness (QED) is 0.892. The fourth-order valence-corrected chi connectivity index (χ4v) is 1.42. The van der Waals surface area contributed by atoms with E-state index in [1.54, 1.807) is 6.07 Å². The van der Waals surface area contributed by atoms with Crippen LogP contribution in [0, 0.1) is 11.3 Å². The van der Waals surface area contributed by atoms with Crippen LogP contribution in [0.25, 0.3) is 0 Å². The predicted octanol–water partition coefficient (Wildman–Crippen LogP) is 2.91. The minimum Gasteiger partial charge on any atom is -0.479 e. The molecule has 0 fully saturated rings. The van der Waals surface area contributed by atoms with E-state index in [-0.39, 0.29) is 11.3 Å². The highest BCUT2D eigenvalue weighted by Gasteiger charge is 2.33. The summed E-state index contributed by atoms with van der Waals surface area (Å²) in [6.45, 7) is 2.54. The molecule has 1 atom stereocenters. The lowest BCUT2D eigenvalue weighted by Crippen LogP contribution is -2.25. The predicted molar refractivity (Wildman–Crippen MR) is 63.1 cm³/mol. The van der Waals surface area contributed by atoms with Gasteiger partial charge < -0.3 is 9.84 Å². The summed E-state index contributed by atoms with van der Waals surface area (Å²) in [5.74, 6) is -4.66. The molecule has 19 heavy (non-hydrogen) atoms. The lowest BCUT2D eigenvalue weighted by atomic mass is 10.0. The third kappa shape index (κ3) is 3.41. The first-order chi connectivity index (χ1) is 8.81. The van der Waals surface area contributed by atoms with Crippen molar-refractivity contribution in [1.82, 2.24) is 0 Å². The Bertz CT molecular complexity index is 523. The Morgan fingerprint density at radius 2 is 2.21 bits per heavy atom. The average molecular weight is 269 g/mol. The van der Waals surface area contributed by atoms with Crippen molar-refractivity contribution in [1.29, 1.82) is 5.26 Å². The minimum atomic E-state index is -3.18. The number of ether oxygens (including phenoxy) is 1. The number of nitrogens with zero attached hydrogens (tertiary/aromatic N) is 1. The number of carbonyl (C=O) groups is 1. The summed E-state index contributed by atoms with van der Waals surface area (Å²) in [5, 5.41) is 17.5. The van der Waals surface area contributed by atoms with Gasteiger partial charge in [0.1, 0.15) is 5.75 Å². The van der Waals surface area contributed by atoms with Crippen LogP contribution in [0.15, 0.2) is 18.2 Å². The third-order valence-electron chi connectivity index (χ3n) is 2.60. The van der Waals surface area contributed by atoms with Crippen molar-refractivity contribution in [3.8, 4) is 11.8 Å². The van der Waals surface area contributed by atoms with Crippen molar-refractivity contribution in [3.63, 3.8) is 0 Å². The molecule has 0 unspecified atom stereocenters. The summed E-state index contributed by atoms with van der Waals surface area (Å²) in [6, 6.07) is 5.28. The summed E-state index contributed by atoms with van der Waals surface area (Å²) in [6.07, 6.45) is -1.72. The molecule has 4 nitrogen and oxygen atoms in total. The molecule has 0 spiro atoms. The van der Waals surface area contributed by atoms with Gasteiger partial charge in [0.25, 0.3) is 5.92 Å². The van der Waals surface area contributed by atoms with Crippen molar-refractivity contribution in [2.24, 2.45) is 0 Å². The second-order valence-electron chi connectivity index (χ2n) is 3.98. The van der Waals surface area contributed by atoms with E-state index in [4.69, 9.17) is 15.1 Å². The molecule has 0 bridgehead atoms. The van der Waals surface area contributed by atoms with Crippen LogP contribution < -0.4 is 4.74 Å². The molecular formula is C13H13F2NO3. The van der Waals surface area contributed by atoms with Gasteiger partial charge in [-0.25, -0.2) is 13.6 Å². The van der Waals surface area contributed by atoms with Gasteiger partial charge >= 0.3 is 5.97 Å². The van der Waals surface area contributed by atoms with E-state index in [0.29, 0.717) is 0 Å². The van der Waals surface area contributed by atoms with Gasteiger partial charge in [0.15, 0.2) is 6.10 Å². The molecule has 1 rings (SSSR count). The lowest BCUT2D eigenvalue weighted by molar-refractivity contribution is -0.144. The summed E-state index contributed by atoms with van der Waals surface area (Å²) >= 11 is 0. The molecule has 1 aromatic rings. The molecule has 0 radical (unpaired) electrons. The third-order valence-corrected chi connectivity index (χ3v) is 2.60. The minimum absolute atomic E-state index is 0.0680. The molecule has 1 aromatic carbocycles. The molecule has 102 valence electrons. The van der Waals surface area contributed by atoms with E-state index in [1.807, 2.05) is 0 Å². The Morgan fingerprint density at radius 3 is 2.68 bits per heavy atom. The maximum Gasteiger partial charge on any atom is 0.344 e. The Labute approximate surface area is 109 Å². The van der Waals surface area contributed by atoms with E-state index >= 15 is 0 Å². The van der Waals surface area contributed by atoms with Crippen molar-refractivity contribution in [3.05, 3.63) is 29.3 Å². The van der Waals surface area contributed by atoms with Crippen LogP contribution in [0.5, 0.6) is 5.75 Å². The first kappa shape index (κ1) is 14.9. The van der Waals surface area contributed by atoms with Crippen molar-refractivity contribution >= 4 is 5.97 Å². The summed E-state index contributed by atoms with van der Waals surface area (Å²) in [7, 11) is 0. The van der Waals surface area contributed by atoms with Crippen LogP contribution in [-0.4, -0.2) is 17.2 Å². The molecule has 0 aromatic heterocycles. The number of hydrogen-bond acceptors (Lipinski definition) is 3. The summed E-state index contributed by atoms with van der Waals surface area (Å²) in [5.41, 5.74) is -0.402. The van der Waals surface area contributed by atoms with Crippen LogP contribution in [0.1, 0.15) is 31.4 Å². The Kier molecular flexibility index (Phi) is 4.43. The average Bonchev–Trinajstić information content (AvgIpc) is 2.38. The summed E-state index contributed by atoms with van der Waals surface area (Å²) in [4.78, 5) is 10.7. The molecule has 0 aliphatic carbocycles. The van der Waals surface area contributed by atoms with Crippen LogP contribution in [0.3, 0.4) is 0 Å². The van der Waals surface area contributed by atoms with Crippen LogP contribution in [-0.2, 0) is 10.7 Å². The molecule has 0 heterocycles. The molecular weight excluding hydrogens is 256 g/mol. The number of benzene rings is 1. The monoisotopic (exact) mass is 269 g/mol. The number of carboxylic acids is 1. The van der Waals surface area contributed by atoms with E-state index < -0.39 is 30.0 Å². The van der Waals surface area contributed by atoms with Gasteiger partial charge in [-0.3, -0.25) is 0 Å². The normalized spacial score (nSPS) is 12.6. The number of rotatable bonds is 5. The lowest BCUT2D eigenvalue weighted by Gasteiger charge is -2.20. The molecule has 6 heteroatoms. The number of alkyl halides is 2. The zero-order valence-corrected chi connectivity index (χ0v) is 10.5. The summed E-state index contributed by atoms with van der Waals surface area (Å²) < 4.78 is 32.6. The van der Waals surface area contributed by atoms with Gasteiger partial charge in [-0.2, -0.15) is 5.26 Å². The molecule has 0 aliphatic rings. The number of halogens is 2.